The molecule has 2 aromatic heterocycles. The fourth-order valence-electron chi connectivity index (χ4n) is 2.18. The van der Waals surface area contributed by atoms with Crippen molar-refractivity contribution in [3.8, 4) is 0 Å². The molecule has 0 spiro atoms. The van der Waals surface area contributed by atoms with Crippen LogP contribution in [0.1, 0.15) is 18.9 Å². The molecular formula is C13H19N3O2S. The minimum atomic E-state index is -2.98. The van der Waals surface area contributed by atoms with Crippen molar-refractivity contribution >= 4 is 20.9 Å². The fraction of sp³-hybridized carbons (Fsp3) is 0.462. The highest BCUT2D eigenvalue weighted by Gasteiger charge is 2.12. The molecular weight excluding hydrogens is 262 g/mol. The molecule has 5 nitrogen and oxygen atoms in total. The second-order valence-electron chi connectivity index (χ2n) is 4.58. The van der Waals surface area contributed by atoms with Gasteiger partial charge in [0, 0.05) is 36.6 Å². The Bertz CT molecular complexity index is 662. The average Bonchev–Trinajstić information content (AvgIpc) is 2.75. The lowest BCUT2D eigenvalue weighted by atomic mass is 10.2. The van der Waals surface area contributed by atoms with Gasteiger partial charge in [0.1, 0.15) is 5.65 Å². The Hall–Kier alpha value is -1.40. The summed E-state index contributed by atoms with van der Waals surface area (Å²) in [5.41, 5.74) is 7.50. The van der Waals surface area contributed by atoms with Gasteiger partial charge in [-0.05, 0) is 24.1 Å². The molecule has 0 bridgehead atoms. The first-order valence-electron chi connectivity index (χ1n) is 6.40. The zero-order valence-corrected chi connectivity index (χ0v) is 11.9. The number of hydrogen-bond donors (Lipinski definition) is 1. The first kappa shape index (κ1) is 14.0. The highest BCUT2D eigenvalue weighted by molar-refractivity contribution is 7.91. The summed E-state index contributed by atoms with van der Waals surface area (Å²) in [6, 6.07) is 3.82. The normalized spacial score (nSPS) is 12.1. The van der Waals surface area contributed by atoms with Gasteiger partial charge in [-0.25, -0.2) is 13.4 Å². The molecule has 104 valence electrons. The molecule has 0 unspecified atom stereocenters. The van der Waals surface area contributed by atoms with Crippen molar-refractivity contribution in [2.24, 2.45) is 5.73 Å². The van der Waals surface area contributed by atoms with E-state index < -0.39 is 9.84 Å². The number of fused-ring (bicyclic) bond motifs is 1. The molecule has 19 heavy (non-hydrogen) atoms. The van der Waals surface area contributed by atoms with Gasteiger partial charge in [0.2, 0.25) is 0 Å². The van der Waals surface area contributed by atoms with Crippen molar-refractivity contribution in [3.05, 3.63) is 30.1 Å². The maximum Gasteiger partial charge on any atom is 0.152 e. The van der Waals surface area contributed by atoms with Crippen LogP contribution >= 0.6 is 0 Å². The number of nitrogens with zero attached hydrogens (tertiary/aromatic N) is 2. The SMILES string of the molecule is CCCS(=O)(=O)CCn1cc(CN)c2cccnc21. The summed E-state index contributed by atoms with van der Waals surface area (Å²) in [4.78, 5) is 4.31. The van der Waals surface area contributed by atoms with Crippen molar-refractivity contribution in [1.29, 1.82) is 0 Å². The molecule has 0 saturated carbocycles. The van der Waals surface area contributed by atoms with Gasteiger partial charge in [-0.1, -0.05) is 6.92 Å². The maximum absolute atomic E-state index is 11.8. The second kappa shape index (κ2) is 5.71. The van der Waals surface area contributed by atoms with Gasteiger partial charge in [-0.15, -0.1) is 0 Å². The standard InChI is InChI=1S/C13H19N3O2S/c1-2-7-19(17,18)8-6-16-10-11(9-14)12-4-3-5-15-13(12)16/h3-5,10H,2,6-9,14H2,1H3. The molecule has 0 fully saturated rings. The maximum atomic E-state index is 11.8. The zero-order valence-electron chi connectivity index (χ0n) is 11.0. The Labute approximate surface area is 113 Å². The topological polar surface area (TPSA) is 78.0 Å². The van der Waals surface area contributed by atoms with Gasteiger partial charge >= 0.3 is 0 Å². The van der Waals surface area contributed by atoms with Crippen LogP contribution in [0, 0.1) is 0 Å². The van der Waals surface area contributed by atoms with Gasteiger partial charge in [0.25, 0.3) is 0 Å². The van der Waals surface area contributed by atoms with Crippen molar-refractivity contribution in [2.75, 3.05) is 11.5 Å². The predicted molar refractivity (Wildman–Crippen MR) is 76.6 cm³/mol. The number of sulfone groups is 1. The minimum Gasteiger partial charge on any atom is -0.331 e. The Morgan fingerprint density at radius 1 is 1.37 bits per heavy atom. The molecule has 6 heteroatoms. The van der Waals surface area contributed by atoms with Crippen LogP contribution in [-0.4, -0.2) is 29.5 Å². The fourth-order valence-corrected chi connectivity index (χ4v) is 3.48. The van der Waals surface area contributed by atoms with Crippen LogP contribution in [0.4, 0.5) is 0 Å². The summed E-state index contributed by atoms with van der Waals surface area (Å²) < 4.78 is 25.4. The molecule has 0 saturated heterocycles. The van der Waals surface area contributed by atoms with Gasteiger partial charge in [-0.2, -0.15) is 0 Å². The zero-order chi connectivity index (χ0) is 13.9. The van der Waals surface area contributed by atoms with E-state index >= 15 is 0 Å². The van der Waals surface area contributed by atoms with E-state index in [0.717, 1.165) is 16.6 Å². The van der Waals surface area contributed by atoms with E-state index in [2.05, 4.69) is 4.98 Å². The lowest BCUT2D eigenvalue weighted by Gasteiger charge is -2.05. The Balaban J connectivity index is 2.26. The molecule has 0 aliphatic rings. The summed E-state index contributed by atoms with van der Waals surface area (Å²) in [6.07, 6.45) is 4.26. The lowest BCUT2D eigenvalue weighted by molar-refractivity contribution is 0.588. The van der Waals surface area contributed by atoms with Gasteiger partial charge in [-0.3, -0.25) is 0 Å². The third-order valence-corrected chi connectivity index (χ3v) is 4.93. The van der Waals surface area contributed by atoms with E-state index in [4.69, 9.17) is 5.73 Å². The summed E-state index contributed by atoms with van der Waals surface area (Å²) >= 11 is 0. The highest BCUT2D eigenvalue weighted by Crippen LogP contribution is 2.18. The van der Waals surface area contributed by atoms with Crippen LogP contribution in [0.2, 0.25) is 0 Å². The first-order valence-corrected chi connectivity index (χ1v) is 8.22. The van der Waals surface area contributed by atoms with E-state index in [-0.39, 0.29) is 11.5 Å². The molecule has 0 aromatic carbocycles. The molecule has 2 N–H and O–H groups in total. The van der Waals surface area contributed by atoms with Crippen LogP contribution in [0.5, 0.6) is 0 Å². The molecule has 0 radical (unpaired) electrons. The molecule has 0 amide bonds. The quantitative estimate of drug-likeness (QED) is 0.866. The van der Waals surface area contributed by atoms with E-state index in [1.165, 1.54) is 0 Å². The monoisotopic (exact) mass is 281 g/mol. The predicted octanol–water partition coefficient (Wildman–Crippen LogP) is 1.32. The smallest absolute Gasteiger partial charge is 0.152 e. The highest BCUT2D eigenvalue weighted by atomic mass is 32.2. The van der Waals surface area contributed by atoms with Gasteiger partial charge < -0.3 is 10.3 Å². The van der Waals surface area contributed by atoms with Crippen molar-refractivity contribution in [2.45, 2.75) is 26.4 Å². The third kappa shape index (κ3) is 3.13. The third-order valence-electron chi connectivity index (χ3n) is 3.09. The lowest BCUT2D eigenvalue weighted by Crippen LogP contribution is -2.15. The van der Waals surface area contributed by atoms with E-state index in [1.807, 2.05) is 29.8 Å². The second-order valence-corrected chi connectivity index (χ2v) is 6.88. The number of aromatic nitrogens is 2. The summed E-state index contributed by atoms with van der Waals surface area (Å²) in [6.45, 7) is 2.73. The first-order chi connectivity index (χ1) is 9.07. The molecule has 0 atom stereocenters. The molecule has 2 rings (SSSR count). The van der Waals surface area contributed by atoms with Crippen LogP contribution in [0.15, 0.2) is 24.5 Å². The molecule has 0 aliphatic carbocycles. The Morgan fingerprint density at radius 3 is 2.84 bits per heavy atom. The number of hydrogen-bond acceptors (Lipinski definition) is 4. The van der Waals surface area contributed by atoms with Crippen LogP contribution in [-0.2, 0) is 22.9 Å². The summed E-state index contributed by atoms with van der Waals surface area (Å²) in [7, 11) is -2.98. The Morgan fingerprint density at radius 2 is 2.16 bits per heavy atom. The van der Waals surface area contributed by atoms with Gasteiger partial charge in [0.05, 0.1) is 5.75 Å². The average molecular weight is 281 g/mol. The number of pyridine rings is 1. The number of nitrogens with two attached hydrogens (primary N) is 1. The van der Waals surface area contributed by atoms with Crippen molar-refractivity contribution in [1.82, 2.24) is 9.55 Å². The van der Waals surface area contributed by atoms with Crippen molar-refractivity contribution < 1.29 is 8.42 Å². The molecule has 0 aliphatic heterocycles. The van der Waals surface area contributed by atoms with E-state index in [1.54, 1.807) is 6.20 Å². The molecule has 2 heterocycles. The van der Waals surface area contributed by atoms with Crippen LogP contribution in [0.25, 0.3) is 11.0 Å². The summed E-state index contributed by atoms with van der Waals surface area (Å²) in [5, 5.41) is 0.998. The largest absolute Gasteiger partial charge is 0.331 e. The van der Waals surface area contributed by atoms with E-state index in [0.29, 0.717) is 19.5 Å². The minimum absolute atomic E-state index is 0.144. The number of aryl methyl sites for hydroxylation is 1. The van der Waals surface area contributed by atoms with Crippen LogP contribution < -0.4 is 5.73 Å². The number of rotatable bonds is 6. The summed E-state index contributed by atoms with van der Waals surface area (Å²) in [5.74, 6) is 0.384. The Kier molecular flexibility index (Phi) is 4.21. The van der Waals surface area contributed by atoms with Gasteiger partial charge in [0.15, 0.2) is 9.84 Å². The molecule has 2 aromatic rings. The van der Waals surface area contributed by atoms with Crippen molar-refractivity contribution in [3.63, 3.8) is 0 Å². The van der Waals surface area contributed by atoms with E-state index in [9.17, 15) is 8.42 Å². The van der Waals surface area contributed by atoms with Crippen LogP contribution in [0.3, 0.4) is 0 Å².